The van der Waals surface area contributed by atoms with Gasteiger partial charge in [0.05, 0.1) is 18.1 Å². The van der Waals surface area contributed by atoms with Crippen molar-refractivity contribution in [2.24, 2.45) is 11.8 Å². The van der Waals surface area contributed by atoms with Crippen molar-refractivity contribution in [3.05, 3.63) is 0 Å². The Hall–Kier alpha value is -0.570. The van der Waals surface area contributed by atoms with Crippen LogP contribution in [0.4, 0.5) is 0 Å². The van der Waals surface area contributed by atoms with Crippen molar-refractivity contribution in [3.63, 3.8) is 0 Å². The van der Waals surface area contributed by atoms with Crippen LogP contribution in [0.2, 0.25) is 0 Å². The lowest BCUT2D eigenvalue weighted by atomic mass is 9.84. The van der Waals surface area contributed by atoms with Gasteiger partial charge in [-0.1, -0.05) is 26.2 Å². The van der Waals surface area contributed by atoms with E-state index in [0.29, 0.717) is 12.2 Å². The summed E-state index contributed by atoms with van der Waals surface area (Å²) in [7, 11) is 0. The molecule has 0 saturated heterocycles. The van der Waals surface area contributed by atoms with E-state index in [9.17, 15) is 4.79 Å². The molecule has 2 aliphatic carbocycles. The van der Waals surface area contributed by atoms with Crippen molar-refractivity contribution in [2.45, 2.75) is 76.9 Å². The van der Waals surface area contributed by atoms with Gasteiger partial charge in [-0.05, 0) is 44.4 Å². The molecule has 2 saturated carbocycles. The summed E-state index contributed by atoms with van der Waals surface area (Å²) >= 11 is 0. The topological polar surface area (TPSA) is 46.5 Å². The molecule has 2 aliphatic rings. The molecule has 2 unspecified atom stereocenters. The minimum Gasteiger partial charge on any atom is -0.481 e. The molecule has 2 rings (SSSR count). The molecular formula is C15H26O3. The maximum atomic E-state index is 10.9. The van der Waals surface area contributed by atoms with Crippen molar-refractivity contribution in [1.82, 2.24) is 0 Å². The number of rotatable bonds is 4. The molecule has 0 radical (unpaired) electrons. The van der Waals surface area contributed by atoms with Crippen LogP contribution in [0.5, 0.6) is 0 Å². The van der Waals surface area contributed by atoms with Gasteiger partial charge in [0.1, 0.15) is 0 Å². The minimum atomic E-state index is -0.628. The van der Waals surface area contributed by atoms with Gasteiger partial charge < -0.3 is 9.84 Å². The average molecular weight is 254 g/mol. The summed E-state index contributed by atoms with van der Waals surface area (Å²) in [5.41, 5.74) is 0. The van der Waals surface area contributed by atoms with E-state index in [1.54, 1.807) is 0 Å². The number of aliphatic carboxylic acids is 1. The first-order chi connectivity index (χ1) is 8.69. The summed E-state index contributed by atoms with van der Waals surface area (Å²) in [5, 5.41) is 8.97. The lowest BCUT2D eigenvalue weighted by Gasteiger charge is -2.34. The van der Waals surface area contributed by atoms with E-state index in [1.165, 1.54) is 32.1 Å². The fourth-order valence-corrected chi connectivity index (χ4v) is 3.45. The van der Waals surface area contributed by atoms with Gasteiger partial charge >= 0.3 is 5.97 Å². The Balaban J connectivity index is 1.72. The molecule has 104 valence electrons. The molecule has 18 heavy (non-hydrogen) atoms. The highest BCUT2D eigenvalue weighted by Crippen LogP contribution is 2.32. The Morgan fingerprint density at radius 2 is 1.83 bits per heavy atom. The second-order valence-electron chi connectivity index (χ2n) is 6.01. The molecular weight excluding hydrogens is 228 g/mol. The summed E-state index contributed by atoms with van der Waals surface area (Å²) in [6.45, 7) is 2.27. The van der Waals surface area contributed by atoms with E-state index in [1.807, 2.05) is 0 Å². The lowest BCUT2D eigenvalue weighted by Crippen LogP contribution is -2.31. The first-order valence-electron chi connectivity index (χ1n) is 7.57. The molecule has 0 heterocycles. The number of hydrogen-bond acceptors (Lipinski definition) is 2. The third kappa shape index (κ3) is 3.71. The molecule has 0 aromatic heterocycles. The molecule has 0 aromatic rings. The fourth-order valence-electron chi connectivity index (χ4n) is 3.45. The number of hydrogen-bond donors (Lipinski definition) is 1. The number of ether oxygens (including phenoxy) is 1. The first kappa shape index (κ1) is 13.9. The van der Waals surface area contributed by atoms with Crippen LogP contribution in [-0.2, 0) is 9.53 Å². The zero-order chi connectivity index (χ0) is 13.0. The largest absolute Gasteiger partial charge is 0.481 e. The normalized spacial score (nSPS) is 37.4. The quantitative estimate of drug-likeness (QED) is 0.833. The minimum absolute atomic E-state index is 0.125. The molecule has 1 N–H and O–H groups in total. The van der Waals surface area contributed by atoms with Crippen LogP contribution in [-0.4, -0.2) is 23.3 Å². The van der Waals surface area contributed by atoms with Crippen LogP contribution >= 0.6 is 0 Å². The van der Waals surface area contributed by atoms with Crippen molar-refractivity contribution in [1.29, 1.82) is 0 Å². The third-order valence-corrected chi connectivity index (χ3v) is 4.72. The Morgan fingerprint density at radius 3 is 2.44 bits per heavy atom. The average Bonchev–Trinajstić information content (AvgIpc) is 2.39. The van der Waals surface area contributed by atoms with Crippen LogP contribution in [0, 0.1) is 11.8 Å². The number of carbonyl (C=O) groups is 1. The summed E-state index contributed by atoms with van der Waals surface area (Å²) in [6, 6.07) is 0. The lowest BCUT2D eigenvalue weighted by molar-refractivity contribution is -0.144. The highest BCUT2D eigenvalue weighted by molar-refractivity contribution is 5.70. The smallest absolute Gasteiger partial charge is 0.306 e. The van der Waals surface area contributed by atoms with Gasteiger partial charge in [0.25, 0.3) is 0 Å². The van der Waals surface area contributed by atoms with Crippen LogP contribution in [0.1, 0.15) is 64.7 Å². The van der Waals surface area contributed by atoms with Gasteiger partial charge in [0, 0.05) is 0 Å². The van der Waals surface area contributed by atoms with Crippen molar-refractivity contribution < 1.29 is 14.6 Å². The van der Waals surface area contributed by atoms with E-state index in [-0.39, 0.29) is 5.92 Å². The molecule has 3 heteroatoms. The summed E-state index contributed by atoms with van der Waals surface area (Å²) in [6.07, 6.45) is 10.6. The predicted octanol–water partition coefficient (Wildman–Crippen LogP) is 3.62. The molecule has 0 spiro atoms. The standard InChI is InChI=1S/C15H26O3/c1-2-11-4-3-5-14(10-11)18-13-8-6-12(7-9-13)15(16)17/h11-14H,2-10H2,1H3,(H,16,17). The fraction of sp³-hybridized carbons (Fsp3) is 0.933. The monoisotopic (exact) mass is 254 g/mol. The van der Waals surface area contributed by atoms with Crippen LogP contribution in [0.3, 0.4) is 0 Å². The van der Waals surface area contributed by atoms with Crippen LogP contribution in [0.25, 0.3) is 0 Å². The van der Waals surface area contributed by atoms with E-state index in [2.05, 4.69) is 6.92 Å². The summed E-state index contributed by atoms with van der Waals surface area (Å²) < 4.78 is 6.20. The predicted molar refractivity (Wildman–Crippen MR) is 70.5 cm³/mol. The van der Waals surface area contributed by atoms with Crippen molar-refractivity contribution in [2.75, 3.05) is 0 Å². The molecule has 0 aliphatic heterocycles. The van der Waals surface area contributed by atoms with Gasteiger partial charge in [-0.15, -0.1) is 0 Å². The second kappa shape index (κ2) is 6.55. The Morgan fingerprint density at radius 1 is 1.11 bits per heavy atom. The van der Waals surface area contributed by atoms with E-state index >= 15 is 0 Å². The Kier molecular flexibility index (Phi) is 5.04. The van der Waals surface area contributed by atoms with E-state index < -0.39 is 5.97 Å². The van der Waals surface area contributed by atoms with Crippen LogP contribution < -0.4 is 0 Å². The molecule has 2 atom stereocenters. The summed E-state index contributed by atoms with van der Waals surface area (Å²) in [5.74, 6) is 0.0934. The van der Waals surface area contributed by atoms with Gasteiger partial charge in [0.2, 0.25) is 0 Å². The SMILES string of the molecule is CCC1CCCC(OC2CCC(C(=O)O)CC2)C1. The zero-order valence-electron chi connectivity index (χ0n) is 11.4. The highest BCUT2D eigenvalue weighted by Gasteiger charge is 2.29. The molecule has 3 nitrogen and oxygen atoms in total. The summed E-state index contributed by atoms with van der Waals surface area (Å²) in [4.78, 5) is 10.9. The van der Waals surface area contributed by atoms with Gasteiger partial charge in [-0.3, -0.25) is 4.79 Å². The van der Waals surface area contributed by atoms with Crippen LogP contribution in [0.15, 0.2) is 0 Å². The van der Waals surface area contributed by atoms with Crippen molar-refractivity contribution >= 4 is 5.97 Å². The Labute approximate surface area is 110 Å². The highest BCUT2D eigenvalue weighted by atomic mass is 16.5. The maximum absolute atomic E-state index is 10.9. The molecule has 2 fully saturated rings. The zero-order valence-corrected chi connectivity index (χ0v) is 11.4. The second-order valence-corrected chi connectivity index (χ2v) is 6.01. The van der Waals surface area contributed by atoms with E-state index in [4.69, 9.17) is 9.84 Å². The number of carboxylic acids is 1. The maximum Gasteiger partial charge on any atom is 0.306 e. The Bertz CT molecular complexity index is 269. The van der Waals surface area contributed by atoms with Gasteiger partial charge in [0.15, 0.2) is 0 Å². The third-order valence-electron chi connectivity index (χ3n) is 4.72. The molecule has 0 aromatic carbocycles. The molecule has 0 bridgehead atoms. The molecule has 0 amide bonds. The van der Waals surface area contributed by atoms with Crippen molar-refractivity contribution in [3.8, 4) is 0 Å². The van der Waals surface area contributed by atoms with Gasteiger partial charge in [-0.2, -0.15) is 0 Å². The number of carboxylic acid groups (broad SMARTS) is 1. The van der Waals surface area contributed by atoms with E-state index in [0.717, 1.165) is 31.6 Å². The van der Waals surface area contributed by atoms with Gasteiger partial charge in [-0.25, -0.2) is 0 Å². The first-order valence-corrected chi connectivity index (χ1v) is 7.57.